The molecule has 0 aromatic heterocycles. The first-order chi connectivity index (χ1) is 10.2. The Morgan fingerprint density at radius 1 is 1.38 bits per heavy atom. The SMILES string of the molecule is COCCN(Cc1ccc(OC)c(Br)c1)CC1CCCN1. The molecule has 0 spiro atoms. The summed E-state index contributed by atoms with van der Waals surface area (Å²) in [6.45, 7) is 4.89. The third-order valence-electron chi connectivity index (χ3n) is 3.87. The number of rotatable bonds is 8. The lowest BCUT2D eigenvalue weighted by molar-refractivity contribution is 0.138. The number of ether oxygens (including phenoxy) is 2. The van der Waals surface area contributed by atoms with E-state index in [4.69, 9.17) is 9.47 Å². The molecule has 1 heterocycles. The van der Waals surface area contributed by atoms with Crippen molar-refractivity contribution in [2.75, 3.05) is 40.5 Å². The zero-order chi connectivity index (χ0) is 15.1. The first kappa shape index (κ1) is 16.7. The maximum Gasteiger partial charge on any atom is 0.133 e. The molecule has 0 aliphatic carbocycles. The number of hydrogen-bond acceptors (Lipinski definition) is 4. The molecule has 21 heavy (non-hydrogen) atoms. The van der Waals surface area contributed by atoms with Crippen LogP contribution in [0.5, 0.6) is 5.75 Å². The maximum atomic E-state index is 5.29. The van der Waals surface area contributed by atoms with Crippen molar-refractivity contribution in [3.63, 3.8) is 0 Å². The molecule has 1 N–H and O–H groups in total. The standard InChI is InChI=1S/C16H25BrN2O2/c1-20-9-8-19(12-14-4-3-7-18-14)11-13-5-6-16(21-2)15(17)10-13/h5-6,10,14,18H,3-4,7-9,11-12H2,1-2H3. The summed E-state index contributed by atoms with van der Waals surface area (Å²) in [4.78, 5) is 2.46. The number of methoxy groups -OCH3 is 2. The van der Waals surface area contributed by atoms with Gasteiger partial charge in [0, 0.05) is 32.8 Å². The lowest BCUT2D eigenvalue weighted by Gasteiger charge is -2.25. The van der Waals surface area contributed by atoms with Crippen molar-refractivity contribution >= 4 is 15.9 Å². The van der Waals surface area contributed by atoms with Crippen LogP contribution < -0.4 is 10.1 Å². The van der Waals surface area contributed by atoms with E-state index in [9.17, 15) is 0 Å². The summed E-state index contributed by atoms with van der Waals surface area (Å²) in [7, 11) is 3.45. The van der Waals surface area contributed by atoms with Gasteiger partial charge in [-0.3, -0.25) is 4.90 Å². The largest absolute Gasteiger partial charge is 0.496 e. The summed E-state index contributed by atoms with van der Waals surface area (Å²) in [5.41, 5.74) is 1.29. The Hall–Kier alpha value is -0.620. The second kappa shape index (κ2) is 8.73. The second-order valence-corrected chi connectivity index (χ2v) is 6.34. The van der Waals surface area contributed by atoms with Crippen molar-refractivity contribution in [3.8, 4) is 5.75 Å². The third kappa shape index (κ3) is 5.25. The highest BCUT2D eigenvalue weighted by Gasteiger charge is 2.18. The van der Waals surface area contributed by atoms with Crippen molar-refractivity contribution in [3.05, 3.63) is 28.2 Å². The Balaban J connectivity index is 1.97. The minimum atomic E-state index is 0.614. The Morgan fingerprint density at radius 2 is 2.24 bits per heavy atom. The number of benzene rings is 1. The quantitative estimate of drug-likeness (QED) is 0.776. The van der Waals surface area contributed by atoms with Crippen molar-refractivity contribution in [1.29, 1.82) is 0 Å². The van der Waals surface area contributed by atoms with Crippen LogP contribution in [-0.4, -0.2) is 51.4 Å². The summed E-state index contributed by atoms with van der Waals surface area (Å²) in [5, 5.41) is 3.57. The van der Waals surface area contributed by atoms with Gasteiger partial charge in [-0.1, -0.05) is 6.07 Å². The fraction of sp³-hybridized carbons (Fsp3) is 0.625. The lowest BCUT2D eigenvalue weighted by Crippen LogP contribution is -2.38. The zero-order valence-corrected chi connectivity index (χ0v) is 14.5. The molecule has 1 fully saturated rings. The molecule has 1 unspecified atom stereocenters. The average molecular weight is 357 g/mol. The van der Waals surface area contributed by atoms with Gasteiger partial charge in [0.25, 0.3) is 0 Å². The minimum Gasteiger partial charge on any atom is -0.496 e. The van der Waals surface area contributed by atoms with Gasteiger partial charge in [0.05, 0.1) is 18.2 Å². The predicted octanol–water partition coefficient (Wildman–Crippen LogP) is 2.66. The summed E-state index contributed by atoms with van der Waals surface area (Å²) >= 11 is 3.56. The summed E-state index contributed by atoms with van der Waals surface area (Å²) in [6.07, 6.45) is 2.56. The van der Waals surface area contributed by atoms with Crippen LogP contribution in [0.15, 0.2) is 22.7 Å². The molecule has 0 saturated carbocycles. The summed E-state index contributed by atoms with van der Waals surface area (Å²) < 4.78 is 11.5. The number of nitrogens with one attached hydrogen (secondary N) is 1. The smallest absolute Gasteiger partial charge is 0.133 e. The topological polar surface area (TPSA) is 33.7 Å². The average Bonchev–Trinajstić information content (AvgIpc) is 2.98. The minimum absolute atomic E-state index is 0.614. The fourth-order valence-electron chi connectivity index (χ4n) is 2.75. The summed E-state index contributed by atoms with van der Waals surface area (Å²) in [6, 6.07) is 6.90. The van der Waals surface area contributed by atoms with Gasteiger partial charge in [0.15, 0.2) is 0 Å². The molecule has 1 saturated heterocycles. The number of nitrogens with zero attached hydrogens (tertiary/aromatic N) is 1. The van der Waals surface area contributed by atoms with Gasteiger partial charge in [0.1, 0.15) is 5.75 Å². The Kier molecular flexibility index (Phi) is 6.96. The Morgan fingerprint density at radius 3 is 2.86 bits per heavy atom. The van der Waals surface area contributed by atoms with Crippen molar-refractivity contribution in [2.24, 2.45) is 0 Å². The molecule has 0 amide bonds. The Bertz CT molecular complexity index is 436. The molecule has 0 radical (unpaired) electrons. The van der Waals surface area contributed by atoms with E-state index in [1.807, 2.05) is 6.07 Å². The van der Waals surface area contributed by atoms with Crippen LogP contribution in [-0.2, 0) is 11.3 Å². The molecule has 1 aromatic carbocycles. The van der Waals surface area contributed by atoms with Crippen molar-refractivity contribution < 1.29 is 9.47 Å². The molecule has 5 heteroatoms. The van der Waals surface area contributed by atoms with E-state index < -0.39 is 0 Å². The molecule has 1 atom stereocenters. The first-order valence-electron chi connectivity index (χ1n) is 7.50. The number of halogens is 1. The van der Waals surface area contributed by atoms with E-state index in [1.54, 1.807) is 14.2 Å². The highest BCUT2D eigenvalue weighted by Crippen LogP contribution is 2.26. The van der Waals surface area contributed by atoms with Gasteiger partial charge in [-0.2, -0.15) is 0 Å². The van der Waals surface area contributed by atoms with E-state index in [-0.39, 0.29) is 0 Å². The molecular weight excluding hydrogens is 332 g/mol. The van der Waals surface area contributed by atoms with E-state index >= 15 is 0 Å². The molecule has 0 bridgehead atoms. The van der Waals surface area contributed by atoms with E-state index in [1.165, 1.54) is 18.4 Å². The van der Waals surface area contributed by atoms with Gasteiger partial charge in [0.2, 0.25) is 0 Å². The second-order valence-electron chi connectivity index (χ2n) is 5.49. The third-order valence-corrected chi connectivity index (χ3v) is 4.49. The lowest BCUT2D eigenvalue weighted by atomic mass is 10.1. The van der Waals surface area contributed by atoms with E-state index in [0.717, 1.165) is 43.0 Å². The van der Waals surface area contributed by atoms with Crippen LogP contribution >= 0.6 is 15.9 Å². The highest BCUT2D eigenvalue weighted by molar-refractivity contribution is 9.10. The molecule has 1 aromatic rings. The molecule has 1 aliphatic rings. The normalized spacial score (nSPS) is 18.4. The van der Waals surface area contributed by atoms with Crippen molar-refractivity contribution in [1.82, 2.24) is 10.2 Å². The predicted molar refractivity (Wildman–Crippen MR) is 88.9 cm³/mol. The van der Waals surface area contributed by atoms with E-state index in [0.29, 0.717) is 6.04 Å². The van der Waals surface area contributed by atoms with Crippen LogP contribution in [0.2, 0.25) is 0 Å². The van der Waals surface area contributed by atoms with Gasteiger partial charge < -0.3 is 14.8 Å². The van der Waals surface area contributed by atoms with E-state index in [2.05, 4.69) is 38.3 Å². The van der Waals surface area contributed by atoms with Crippen molar-refractivity contribution in [2.45, 2.75) is 25.4 Å². The first-order valence-corrected chi connectivity index (χ1v) is 8.29. The molecule has 4 nitrogen and oxygen atoms in total. The van der Waals surface area contributed by atoms with Gasteiger partial charge in [-0.25, -0.2) is 0 Å². The van der Waals surface area contributed by atoms with Gasteiger partial charge in [-0.15, -0.1) is 0 Å². The molecule has 118 valence electrons. The van der Waals surface area contributed by atoms with Crippen LogP contribution in [0, 0.1) is 0 Å². The van der Waals surface area contributed by atoms with Gasteiger partial charge >= 0.3 is 0 Å². The monoisotopic (exact) mass is 356 g/mol. The maximum absolute atomic E-state index is 5.29. The summed E-state index contributed by atoms with van der Waals surface area (Å²) in [5.74, 6) is 0.875. The molecular formula is C16H25BrN2O2. The molecule has 1 aliphatic heterocycles. The van der Waals surface area contributed by atoms with Crippen LogP contribution in [0.25, 0.3) is 0 Å². The zero-order valence-electron chi connectivity index (χ0n) is 12.9. The number of hydrogen-bond donors (Lipinski definition) is 1. The Labute approximate surface area is 135 Å². The van der Waals surface area contributed by atoms with Gasteiger partial charge in [-0.05, 0) is 53.0 Å². The molecule has 2 rings (SSSR count). The van der Waals surface area contributed by atoms with Crippen LogP contribution in [0.3, 0.4) is 0 Å². The van der Waals surface area contributed by atoms with Crippen LogP contribution in [0.1, 0.15) is 18.4 Å². The fourth-order valence-corrected chi connectivity index (χ4v) is 3.33. The van der Waals surface area contributed by atoms with Crippen LogP contribution in [0.4, 0.5) is 0 Å². The highest BCUT2D eigenvalue weighted by atomic mass is 79.9.